The summed E-state index contributed by atoms with van der Waals surface area (Å²) in [6.45, 7) is 2.17. The number of piperidine rings is 1. The SMILES string of the molecule is CCc1ccccc1NC(=O)[C@H]1CCCN(S(=O)(=O)c2cc3c(cc2Cl)NC(=O)CO3)C1. The van der Waals surface area contributed by atoms with Crippen molar-refractivity contribution in [3.8, 4) is 5.75 Å². The molecule has 10 heteroatoms. The number of sulfonamides is 1. The van der Waals surface area contributed by atoms with Gasteiger partial charge >= 0.3 is 0 Å². The topological polar surface area (TPSA) is 105 Å². The molecule has 2 amide bonds. The van der Waals surface area contributed by atoms with Gasteiger partial charge in [0.05, 0.1) is 16.6 Å². The van der Waals surface area contributed by atoms with Gasteiger partial charge in [-0.3, -0.25) is 9.59 Å². The molecule has 0 bridgehead atoms. The van der Waals surface area contributed by atoms with E-state index >= 15 is 0 Å². The molecule has 1 fully saturated rings. The fourth-order valence-corrected chi connectivity index (χ4v) is 6.02. The highest BCUT2D eigenvalue weighted by molar-refractivity contribution is 7.89. The second-order valence-electron chi connectivity index (χ2n) is 7.82. The first-order chi connectivity index (χ1) is 15.3. The number of ether oxygens (including phenoxy) is 1. The van der Waals surface area contributed by atoms with E-state index in [0.29, 0.717) is 25.1 Å². The Morgan fingerprint density at radius 3 is 2.88 bits per heavy atom. The van der Waals surface area contributed by atoms with Crippen molar-refractivity contribution < 1.29 is 22.7 Å². The number of carbonyl (C=O) groups excluding carboxylic acids is 2. The molecule has 2 aliphatic heterocycles. The summed E-state index contributed by atoms with van der Waals surface area (Å²) in [5.74, 6) is -0.766. The van der Waals surface area contributed by atoms with E-state index in [1.54, 1.807) is 0 Å². The number of hydrogen-bond acceptors (Lipinski definition) is 5. The van der Waals surface area contributed by atoms with Crippen LogP contribution in [0.3, 0.4) is 0 Å². The van der Waals surface area contributed by atoms with Gasteiger partial charge in [0, 0.05) is 24.8 Å². The van der Waals surface area contributed by atoms with Gasteiger partial charge < -0.3 is 15.4 Å². The predicted octanol–water partition coefficient (Wildman–Crippen LogP) is 3.27. The third-order valence-corrected chi connectivity index (χ3v) is 8.03. The van der Waals surface area contributed by atoms with Crippen LogP contribution < -0.4 is 15.4 Å². The zero-order valence-corrected chi connectivity index (χ0v) is 19.1. The molecule has 0 spiro atoms. The molecule has 32 heavy (non-hydrogen) atoms. The quantitative estimate of drug-likeness (QED) is 0.687. The number of benzene rings is 2. The third-order valence-electron chi connectivity index (χ3n) is 5.70. The minimum absolute atomic E-state index is 0.0157. The Bertz CT molecular complexity index is 1170. The van der Waals surface area contributed by atoms with Gasteiger partial charge in [-0.1, -0.05) is 36.7 Å². The Morgan fingerprint density at radius 2 is 2.09 bits per heavy atom. The van der Waals surface area contributed by atoms with Crippen molar-refractivity contribution >= 4 is 44.8 Å². The van der Waals surface area contributed by atoms with Crippen molar-refractivity contribution in [3.63, 3.8) is 0 Å². The Labute approximate surface area is 191 Å². The number of hydrogen-bond donors (Lipinski definition) is 2. The summed E-state index contributed by atoms with van der Waals surface area (Å²) in [5, 5.41) is 5.54. The van der Waals surface area contributed by atoms with Gasteiger partial charge in [0.25, 0.3) is 5.91 Å². The molecule has 0 saturated carbocycles. The van der Waals surface area contributed by atoms with Crippen LogP contribution in [0.5, 0.6) is 5.75 Å². The molecule has 170 valence electrons. The van der Waals surface area contributed by atoms with Crippen LogP contribution >= 0.6 is 11.6 Å². The monoisotopic (exact) mass is 477 g/mol. The molecule has 1 saturated heterocycles. The van der Waals surface area contributed by atoms with Crippen LogP contribution in [0.15, 0.2) is 41.3 Å². The van der Waals surface area contributed by atoms with Crippen molar-refractivity contribution in [1.29, 1.82) is 0 Å². The highest BCUT2D eigenvalue weighted by atomic mass is 35.5. The van der Waals surface area contributed by atoms with Crippen LogP contribution in [0.2, 0.25) is 5.02 Å². The summed E-state index contributed by atoms with van der Waals surface area (Å²) < 4.78 is 33.3. The van der Waals surface area contributed by atoms with Gasteiger partial charge in [-0.2, -0.15) is 4.31 Å². The van der Waals surface area contributed by atoms with E-state index in [2.05, 4.69) is 10.6 Å². The van der Waals surface area contributed by atoms with Crippen molar-refractivity contribution in [2.45, 2.75) is 31.1 Å². The third kappa shape index (κ3) is 4.46. The van der Waals surface area contributed by atoms with Crippen molar-refractivity contribution in [3.05, 3.63) is 47.0 Å². The van der Waals surface area contributed by atoms with Crippen LogP contribution in [0.25, 0.3) is 0 Å². The van der Waals surface area contributed by atoms with Gasteiger partial charge in [0.2, 0.25) is 15.9 Å². The van der Waals surface area contributed by atoms with Crippen molar-refractivity contribution in [2.24, 2.45) is 5.92 Å². The Morgan fingerprint density at radius 1 is 1.31 bits per heavy atom. The molecular weight excluding hydrogens is 454 g/mol. The number of nitrogens with one attached hydrogen (secondary N) is 2. The van der Waals surface area contributed by atoms with Gasteiger partial charge in [0.1, 0.15) is 10.6 Å². The number of anilines is 2. The Hall–Kier alpha value is -2.62. The van der Waals surface area contributed by atoms with Gasteiger partial charge in [-0.25, -0.2) is 8.42 Å². The first kappa shape index (κ1) is 22.6. The van der Waals surface area contributed by atoms with Crippen LogP contribution in [0.4, 0.5) is 11.4 Å². The number of rotatable bonds is 5. The molecule has 8 nitrogen and oxygen atoms in total. The lowest BCUT2D eigenvalue weighted by Gasteiger charge is -2.32. The van der Waals surface area contributed by atoms with Gasteiger partial charge in [-0.15, -0.1) is 0 Å². The molecular formula is C22H24ClN3O5S. The lowest BCUT2D eigenvalue weighted by Crippen LogP contribution is -2.43. The minimum Gasteiger partial charge on any atom is -0.482 e. The fourth-order valence-electron chi connectivity index (χ4n) is 3.98. The maximum atomic E-state index is 13.4. The predicted molar refractivity (Wildman–Crippen MR) is 122 cm³/mol. The second kappa shape index (κ2) is 9.09. The van der Waals surface area contributed by atoms with Gasteiger partial charge in [-0.05, 0) is 37.0 Å². The molecule has 0 unspecified atom stereocenters. The fraction of sp³-hybridized carbons (Fsp3) is 0.364. The maximum Gasteiger partial charge on any atom is 0.262 e. The number of carbonyl (C=O) groups is 2. The summed E-state index contributed by atoms with van der Waals surface area (Å²) in [6, 6.07) is 10.3. The maximum absolute atomic E-state index is 13.4. The summed E-state index contributed by atoms with van der Waals surface area (Å²) >= 11 is 6.26. The number of para-hydroxylation sites is 1. The van der Waals surface area contributed by atoms with E-state index < -0.39 is 15.9 Å². The molecule has 0 aromatic heterocycles. The van der Waals surface area contributed by atoms with E-state index in [0.717, 1.165) is 17.7 Å². The van der Waals surface area contributed by atoms with E-state index in [1.807, 2.05) is 31.2 Å². The van der Waals surface area contributed by atoms with E-state index in [1.165, 1.54) is 16.4 Å². The summed E-state index contributed by atoms with van der Waals surface area (Å²) in [6.07, 6.45) is 1.93. The number of amides is 2. The Balaban J connectivity index is 1.54. The van der Waals surface area contributed by atoms with Crippen LogP contribution in [0, 0.1) is 5.92 Å². The molecule has 0 aliphatic carbocycles. The van der Waals surface area contributed by atoms with E-state index in [9.17, 15) is 18.0 Å². The minimum atomic E-state index is -3.96. The summed E-state index contributed by atoms with van der Waals surface area (Å²) in [4.78, 5) is 24.3. The smallest absolute Gasteiger partial charge is 0.262 e. The summed E-state index contributed by atoms with van der Waals surface area (Å²) in [5.41, 5.74) is 2.10. The van der Waals surface area contributed by atoms with E-state index in [-0.39, 0.29) is 40.6 Å². The summed E-state index contributed by atoms with van der Waals surface area (Å²) in [7, 11) is -3.96. The van der Waals surface area contributed by atoms with Crippen LogP contribution in [-0.4, -0.2) is 44.2 Å². The average molecular weight is 478 g/mol. The zero-order valence-electron chi connectivity index (χ0n) is 17.6. The molecule has 2 aromatic rings. The molecule has 0 radical (unpaired) electrons. The van der Waals surface area contributed by atoms with Gasteiger partial charge in [0.15, 0.2) is 6.61 Å². The first-order valence-electron chi connectivity index (χ1n) is 10.4. The lowest BCUT2D eigenvalue weighted by molar-refractivity contribution is -0.121. The van der Waals surface area contributed by atoms with E-state index in [4.69, 9.17) is 16.3 Å². The zero-order chi connectivity index (χ0) is 22.9. The number of aryl methyl sites for hydroxylation is 1. The number of fused-ring (bicyclic) bond motifs is 1. The van der Waals surface area contributed by atoms with Crippen molar-refractivity contribution in [1.82, 2.24) is 4.31 Å². The molecule has 2 heterocycles. The number of halogens is 1. The normalized spacial score (nSPS) is 18.9. The first-order valence-corrected chi connectivity index (χ1v) is 12.3. The molecule has 4 rings (SSSR count). The lowest BCUT2D eigenvalue weighted by atomic mass is 9.98. The molecule has 2 aliphatic rings. The highest BCUT2D eigenvalue weighted by Gasteiger charge is 2.35. The molecule has 2 N–H and O–H groups in total. The van der Waals surface area contributed by atoms with Crippen LogP contribution in [-0.2, 0) is 26.0 Å². The average Bonchev–Trinajstić information content (AvgIpc) is 2.78. The van der Waals surface area contributed by atoms with Crippen LogP contribution in [0.1, 0.15) is 25.3 Å². The standard InChI is InChI=1S/C22H24ClN3O5S/c1-2-14-6-3-4-8-17(14)25-22(28)15-7-5-9-26(12-15)32(29,30)20-11-19-18(10-16(20)23)24-21(27)13-31-19/h3-4,6,8,10-11,15H,2,5,7,9,12-13H2,1H3,(H,24,27)(H,25,28)/t15-/m0/s1. The largest absolute Gasteiger partial charge is 0.482 e. The Kier molecular flexibility index (Phi) is 6.41. The molecule has 2 aromatic carbocycles. The van der Waals surface area contributed by atoms with Crippen molar-refractivity contribution in [2.75, 3.05) is 30.3 Å². The molecule has 1 atom stereocenters. The second-order valence-corrected chi connectivity index (χ2v) is 10.1. The number of nitrogens with zero attached hydrogens (tertiary/aromatic N) is 1. The highest BCUT2D eigenvalue weighted by Crippen LogP contribution is 2.37.